The summed E-state index contributed by atoms with van der Waals surface area (Å²) in [5, 5.41) is 0.710. The van der Waals surface area contributed by atoms with E-state index in [9.17, 15) is 9.59 Å². The zero-order valence-electron chi connectivity index (χ0n) is 26.9. The number of pyridine rings is 1. The van der Waals surface area contributed by atoms with Crippen LogP contribution in [0, 0.1) is 5.92 Å². The van der Waals surface area contributed by atoms with Crippen LogP contribution in [0.5, 0.6) is 0 Å². The molecule has 9 nitrogen and oxygen atoms in total. The van der Waals surface area contributed by atoms with Gasteiger partial charge in [-0.05, 0) is 82.1 Å². The lowest BCUT2D eigenvalue weighted by Crippen LogP contribution is -2.62. The number of hydrogen-bond donors (Lipinski definition) is 0. The van der Waals surface area contributed by atoms with Crippen molar-refractivity contribution in [3.05, 3.63) is 117 Å². The third-order valence-corrected chi connectivity index (χ3v) is 10.5. The molecule has 7 rings (SSSR count). The average Bonchev–Trinajstić information content (AvgIpc) is 3.81. The summed E-state index contributed by atoms with van der Waals surface area (Å²) in [6, 6.07) is 17.6. The quantitative estimate of drug-likeness (QED) is 0.225. The second kappa shape index (κ2) is 14.9. The van der Waals surface area contributed by atoms with Crippen LogP contribution in [-0.4, -0.2) is 86.5 Å². The summed E-state index contributed by atoms with van der Waals surface area (Å²) in [5.41, 5.74) is 5.58. The van der Waals surface area contributed by atoms with E-state index in [1.165, 1.54) is 11.1 Å². The molecule has 2 amide bonds. The molecule has 4 aromatic rings. The monoisotopic (exact) mass is 730 g/mol. The third-order valence-electron chi connectivity index (χ3n) is 9.85. The Kier molecular flexibility index (Phi) is 10.2. The highest BCUT2D eigenvalue weighted by atomic mass is 79.9. The molecule has 11 heteroatoms. The zero-order valence-corrected chi connectivity index (χ0v) is 29.2. The lowest BCUT2D eigenvalue weighted by molar-refractivity contribution is -0.152. The summed E-state index contributed by atoms with van der Waals surface area (Å²) >= 11 is 10.1. The van der Waals surface area contributed by atoms with Crippen molar-refractivity contribution in [1.29, 1.82) is 0 Å². The fourth-order valence-corrected chi connectivity index (χ4v) is 7.98. The number of piperazine rings is 1. The maximum Gasteiger partial charge on any atom is 0.247 e. The van der Waals surface area contributed by atoms with Gasteiger partial charge in [-0.3, -0.25) is 19.5 Å². The molecular weight excluding hydrogens is 692 g/mol. The number of nitrogens with zero attached hydrogens (tertiary/aromatic N) is 6. The number of benzene rings is 2. The van der Waals surface area contributed by atoms with Crippen molar-refractivity contribution in [2.24, 2.45) is 5.92 Å². The summed E-state index contributed by atoms with van der Waals surface area (Å²) < 4.78 is 8.60. The van der Waals surface area contributed by atoms with E-state index in [0.29, 0.717) is 57.4 Å². The van der Waals surface area contributed by atoms with Crippen LogP contribution in [0.25, 0.3) is 0 Å². The summed E-state index contributed by atoms with van der Waals surface area (Å²) in [6.45, 7) is 4.21. The minimum Gasteiger partial charge on any atom is -0.381 e. The molecule has 2 aromatic heterocycles. The van der Waals surface area contributed by atoms with Crippen molar-refractivity contribution < 1.29 is 14.3 Å². The first-order valence-electron chi connectivity index (χ1n) is 16.8. The molecule has 0 saturated carbocycles. The number of hydrogen-bond acceptors (Lipinski definition) is 6. The number of carbonyl (C=O) groups is 2. The largest absolute Gasteiger partial charge is 0.381 e. The number of carbonyl (C=O) groups excluding carboxylic acids is 2. The number of aryl methyl sites for hydroxylation is 3. The van der Waals surface area contributed by atoms with Crippen LogP contribution >= 0.6 is 27.5 Å². The number of ether oxygens (including phenoxy) is 1. The molecule has 0 bridgehead atoms. The predicted molar refractivity (Wildman–Crippen MR) is 187 cm³/mol. The van der Waals surface area contributed by atoms with Crippen molar-refractivity contribution in [1.82, 2.24) is 29.2 Å². The highest BCUT2D eigenvalue weighted by Gasteiger charge is 2.43. The Morgan fingerprint density at radius 1 is 1.06 bits per heavy atom. The van der Waals surface area contributed by atoms with Crippen LogP contribution < -0.4 is 0 Å². The van der Waals surface area contributed by atoms with Gasteiger partial charge in [-0.2, -0.15) is 0 Å². The van der Waals surface area contributed by atoms with Gasteiger partial charge in [-0.15, -0.1) is 0 Å². The number of amides is 2. The molecule has 2 saturated heterocycles. The van der Waals surface area contributed by atoms with E-state index in [1.807, 2.05) is 51.0 Å². The molecule has 1 unspecified atom stereocenters. The molecule has 2 aliphatic heterocycles. The summed E-state index contributed by atoms with van der Waals surface area (Å²) in [7, 11) is 0. The SMILES string of the molecule is O=C([C@H]1CN([C@H]2c3ccc(Cl)cc3CCc3cc(Br)cnc32)CCN1C(=O)C1CCOC1)N(CCCn1ccnc1)Cc1ccccc1. The second-order valence-electron chi connectivity index (χ2n) is 12.9. The maximum absolute atomic E-state index is 14.9. The fraction of sp³-hybridized carbons (Fsp3) is 0.405. The van der Waals surface area contributed by atoms with Crippen LogP contribution in [0.3, 0.4) is 0 Å². The molecular formula is C37H40BrClN6O3. The molecule has 0 N–H and O–H groups in total. The Bertz CT molecular complexity index is 1680. The lowest BCUT2D eigenvalue weighted by atomic mass is 9.94. The van der Waals surface area contributed by atoms with Gasteiger partial charge in [0.2, 0.25) is 11.8 Å². The molecule has 48 heavy (non-hydrogen) atoms. The topological polar surface area (TPSA) is 83.8 Å². The smallest absolute Gasteiger partial charge is 0.247 e. The van der Waals surface area contributed by atoms with Gasteiger partial charge in [-0.1, -0.05) is 48.0 Å². The number of fused-ring (bicyclic) bond motifs is 2. The van der Waals surface area contributed by atoms with E-state index >= 15 is 0 Å². The summed E-state index contributed by atoms with van der Waals surface area (Å²) in [5.74, 6) is -0.245. The van der Waals surface area contributed by atoms with Crippen molar-refractivity contribution >= 4 is 39.3 Å². The average molecular weight is 732 g/mol. The fourth-order valence-electron chi connectivity index (χ4n) is 7.40. The predicted octanol–water partition coefficient (Wildman–Crippen LogP) is 5.55. The first kappa shape index (κ1) is 33.0. The number of aromatic nitrogens is 3. The summed E-state index contributed by atoms with van der Waals surface area (Å²) in [6.07, 6.45) is 10.5. The molecule has 4 heterocycles. The normalized spacial score (nSPS) is 21.0. The maximum atomic E-state index is 14.9. The van der Waals surface area contributed by atoms with Gasteiger partial charge in [0, 0.05) is 74.0 Å². The Balaban J connectivity index is 1.23. The van der Waals surface area contributed by atoms with E-state index in [0.717, 1.165) is 47.1 Å². The molecule has 2 aromatic carbocycles. The minimum absolute atomic E-state index is 0.0130. The van der Waals surface area contributed by atoms with Crippen molar-refractivity contribution in [3.63, 3.8) is 0 Å². The molecule has 3 aliphatic rings. The van der Waals surface area contributed by atoms with Crippen LogP contribution in [0.4, 0.5) is 0 Å². The first-order valence-corrected chi connectivity index (χ1v) is 17.9. The van der Waals surface area contributed by atoms with Crippen molar-refractivity contribution in [2.75, 3.05) is 39.4 Å². The van der Waals surface area contributed by atoms with E-state index in [-0.39, 0.29) is 23.8 Å². The second-order valence-corrected chi connectivity index (χ2v) is 14.3. The summed E-state index contributed by atoms with van der Waals surface area (Å²) in [4.78, 5) is 44.3. The number of rotatable bonds is 9. The van der Waals surface area contributed by atoms with Crippen LogP contribution in [0.2, 0.25) is 5.02 Å². The van der Waals surface area contributed by atoms with E-state index in [1.54, 1.807) is 12.5 Å². The lowest BCUT2D eigenvalue weighted by Gasteiger charge is -2.45. The highest BCUT2D eigenvalue weighted by molar-refractivity contribution is 9.10. The van der Waals surface area contributed by atoms with Crippen LogP contribution in [0.1, 0.15) is 46.8 Å². The Morgan fingerprint density at radius 2 is 1.92 bits per heavy atom. The van der Waals surface area contributed by atoms with Gasteiger partial charge in [0.25, 0.3) is 0 Å². The van der Waals surface area contributed by atoms with E-state index in [4.69, 9.17) is 21.3 Å². The van der Waals surface area contributed by atoms with Crippen molar-refractivity contribution in [2.45, 2.75) is 50.9 Å². The number of imidazole rings is 1. The van der Waals surface area contributed by atoms with E-state index in [2.05, 4.69) is 56.1 Å². The first-order chi connectivity index (χ1) is 23.4. The van der Waals surface area contributed by atoms with Gasteiger partial charge >= 0.3 is 0 Å². The van der Waals surface area contributed by atoms with Crippen LogP contribution in [-0.2, 0) is 40.3 Å². The molecule has 0 spiro atoms. The third kappa shape index (κ3) is 7.22. The van der Waals surface area contributed by atoms with Gasteiger partial charge in [0.05, 0.1) is 30.6 Å². The van der Waals surface area contributed by atoms with Gasteiger partial charge in [-0.25, -0.2) is 4.98 Å². The molecule has 3 atom stereocenters. The number of halogens is 2. The molecule has 0 radical (unpaired) electrons. The van der Waals surface area contributed by atoms with E-state index < -0.39 is 6.04 Å². The standard InChI is InChI=1S/C37H40BrClN6O3/c38-30-19-28-8-7-27-20-31(39)9-10-32(27)35(34(28)41-21-30)43-16-17-45(36(46)29-11-18-48-24-29)33(23-43)37(47)44(22-26-5-2-1-3-6-26)14-4-13-42-15-12-40-25-42/h1-3,5-6,9-10,12,15,19-21,25,29,33,35H,4,7-8,11,13-14,16-18,22-24H2/t29?,33-,35+/m1/s1. The van der Waals surface area contributed by atoms with Gasteiger partial charge in [0.1, 0.15) is 6.04 Å². The molecule has 2 fully saturated rings. The Morgan fingerprint density at radius 3 is 2.71 bits per heavy atom. The Hall–Kier alpha value is -3.57. The van der Waals surface area contributed by atoms with Crippen molar-refractivity contribution in [3.8, 4) is 0 Å². The Labute approximate surface area is 295 Å². The van der Waals surface area contributed by atoms with Gasteiger partial charge < -0.3 is 19.1 Å². The van der Waals surface area contributed by atoms with Gasteiger partial charge in [0.15, 0.2) is 0 Å². The molecule has 1 aliphatic carbocycles. The minimum atomic E-state index is -0.651. The molecule has 250 valence electrons. The van der Waals surface area contributed by atoms with Crippen LogP contribution in [0.15, 0.2) is 84.0 Å². The highest BCUT2D eigenvalue weighted by Crippen LogP contribution is 2.39. The zero-order chi connectivity index (χ0) is 33.0.